The van der Waals surface area contributed by atoms with Gasteiger partial charge in [0.25, 0.3) is 5.91 Å². The van der Waals surface area contributed by atoms with Gasteiger partial charge in [0, 0.05) is 10.7 Å². The minimum atomic E-state index is -0.177. The van der Waals surface area contributed by atoms with Crippen LogP contribution in [0.15, 0.2) is 36.4 Å². The molecule has 2 atom stereocenters. The SMILES string of the molecule is Cc1cc(C)c(NC(=O)[C@H](C)[NH+](C)CCOc2ccc(Cl)cc2)c(C)c1. The Balaban J connectivity index is 1.88. The standard InChI is InChI=1S/C21H27ClN2O2/c1-14-12-15(2)20(16(3)13-14)23-21(25)17(4)24(5)10-11-26-19-8-6-18(22)7-9-19/h6-9,12-13,17H,10-11H2,1-5H3,(H,23,25)/p+1/t17-/m0/s1. The zero-order valence-corrected chi connectivity index (χ0v) is 16.9. The van der Waals surface area contributed by atoms with E-state index in [0.29, 0.717) is 11.6 Å². The average molecular weight is 376 g/mol. The summed E-state index contributed by atoms with van der Waals surface area (Å²) in [7, 11) is 2.00. The lowest BCUT2D eigenvalue weighted by molar-refractivity contribution is -0.894. The molecule has 2 rings (SSSR count). The van der Waals surface area contributed by atoms with Gasteiger partial charge < -0.3 is 15.0 Å². The summed E-state index contributed by atoms with van der Waals surface area (Å²) < 4.78 is 5.72. The van der Waals surface area contributed by atoms with Crippen molar-refractivity contribution in [1.29, 1.82) is 0 Å². The number of carbonyl (C=O) groups excluding carboxylic acids is 1. The first-order chi connectivity index (χ1) is 12.3. The number of quaternary nitrogens is 1. The predicted molar refractivity (Wildman–Crippen MR) is 107 cm³/mol. The minimum Gasteiger partial charge on any atom is -0.488 e. The third-order valence-corrected chi connectivity index (χ3v) is 4.89. The molecule has 0 radical (unpaired) electrons. The predicted octanol–water partition coefficient (Wildman–Crippen LogP) is 3.19. The second kappa shape index (κ2) is 9.06. The maximum Gasteiger partial charge on any atom is 0.282 e. The fraction of sp³-hybridized carbons (Fsp3) is 0.381. The number of hydrogen-bond donors (Lipinski definition) is 2. The van der Waals surface area contributed by atoms with Crippen LogP contribution >= 0.6 is 11.6 Å². The third kappa shape index (κ3) is 5.48. The number of hydrogen-bond acceptors (Lipinski definition) is 2. The maximum atomic E-state index is 12.6. The van der Waals surface area contributed by atoms with Gasteiger partial charge in [0.1, 0.15) is 18.9 Å². The van der Waals surface area contributed by atoms with Gasteiger partial charge in [0.15, 0.2) is 6.04 Å². The molecule has 4 nitrogen and oxygen atoms in total. The third-order valence-electron chi connectivity index (χ3n) is 4.64. The number of likely N-dealkylation sites (N-methyl/N-ethyl adjacent to an activating group) is 1. The van der Waals surface area contributed by atoms with E-state index in [-0.39, 0.29) is 11.9 Å². The molecule has 0 aliphatic heterocycles. The fourth-order valence-electron chi connectivity index (χ4n) is 2.91. The number of rotatable bonds is 7. The number of ether oxygens (including phenoxy) is 1. The van der Waals surface area contributed by atoms with E-state index < -0.39 is 0 Å². The molecule has 0 fully saturated rings. The molecule has 140 valence electrons. The molecule has 0 saturated heterocycles. The van der Waals surface area contributed by atoms with Gasteiger partial charge in [-0.2, -0.15) is 0 Å². The van der Waals surface area contributed by atoms with Gasteiger partial charge in [0.05, 0.1) is 7.05 Å². The van der Waals surface area contributed by atoms with Crippen molar-refractivity contribution in [3.05, 3.63) is 58.1 Å². The first kappa shape index (κ1) is 20.3. The van der Waals surface area contributed by atoms with Crippen molar-refractivity contribution in [2.45, 2.75) is 33.7 Å². The summed E-state index contributed by atoms with van der Waals surface area (Å²) in [6, 6.07) is 11.3. The number of anilines is 1. The highest BCUT2D eigenvalue weighted by Gasteiger charge is 2.22. The smallest absolute Gasteiger partial charge is 0.282 e. The van der Waals surface area contributed by atoms with Crippen LogP contribution in [0.1, 0.15) is 23.6 Å². The van der Waals surface area contributed by atoms with Gasteiger partial charge in [-0.25, -0.2) is 0 Å². The highest BCUT2D eigenvalue weighted by molar-refractivity contribution is 6.30. The van der Waals surface area contributed by atoms with E-state index in [1.165, 1.54) is 5.56 Å². The van der Waals surface area contributed by atoms with Crippen molar-refractivity contribution in [2.75, 3.05) is 25.5 Å². The second-order valence-electron chi connectivity index (χ2n) is 6.88. The Hall–Kier alpha value is -2.04. The Bertz CT molecular complexity index is 736. The molecule has 0 heterocycles. The van der Waals surface area contributed by atoms with Crippen LogP contribution in [0.25, 0.3) is 0 Å². The van der Waals surface area contributed by atoms with Crippen LogP contribution in [0.2, 0.25) is 5.02 Å². The molecule has 26 heavy (non-hydrogen) atoms. The maximum absolute atomic E-state index is 12.6. The van der Waals surface area contributed by atoms with E-state index in [1.807, 2.05) is 40.0 Å². The molecule has 2 aromatic carbocycles. The lowest BCUT2D eigenvalue weighted by atomic mass is 10.0. The molecular formula is C21H28ClN2O2+. The molecule has 0 saturated carbocycles. The van der Waals surface area contributed by atoms with Crippen molar-refractivity contribution in [1.82, 2.24) is 0 Å². The second-order valence-corrected chi connectivity index (χ2v) is 7.32. The molecule has 2 aromatic rings. The van der Waals surface area contributed by atoms with E-state index in [4.69, 9.17) is 16.3 Å². The summed E-state index contributed by atoms with van der Waals surface area (Å²) in [5.41, 5.74) is 4.30. The quantitative estimate of drug-likeness (QED) is 0.780. The number of aryl methyl sites for hydroxylation is 3. The van der Waals surface area contributed by atoms with Crippen molar-refractivity contribution < 1.29 is 14.4 Å². The summed E-state index contributed by atoms with van der Waals surface area (Å²) in [4.78, 5) is 13.7. The molecule has 5 heteroatoms. The minimum absolute atomic E-state index is 0.0176. The molecule has 0 aromatic heterocycles. The zero-order chi connectivity index (χ0) is 19.3. The summed E-state index contributed by atoms with van der Waals surface area (Å²) in [5.74, 6) is 0.800. The molecule has 1 amide bonds. The highest BCUT2D eigenvalue weighted by atomic mass is 35.5. The van der Waals surface area contributed by atoms with E-state index in [9.17, 15) is 4.79 Å². The Morgan fingerprint density at radius 2 is 1.73 bits per heavy atom. The van der Waals surface area contributed by atoms with Crippen molar-refractivity contribution in [3.8, 4) is 5.75 Å². The van der Waals surface area contributed by atoms with Crippen LogP contribution in [0.5, 0.6) is 5.75 Å². The van der Waals surface area contributed by atoms with Crippen molar-refractivity contribution >= 4 is 23.2 Å². The van der Waals surface area contributed by atoms with Crippen LogP contribution in [0.3, 0.4) is 0 Å². The average Bonchev–Trinajstić information content (AvgIpc) is 2.58. The number of benzene rings is 2. The van der Waals surface area contributed by atoms with Gasteiger partial charge in [-0.1, -0.05) is 29.3 Å². The summed E-state index contributed by atoms with van der Waals surface area (Å²) in [5, 5.41) is 3.77. The van der Waals surface area contributed by atoms with E-state index in [2.05, 4.69) is 24.4 Å². The van der Waals surface area contributed by atoms with Gasteiger partial charge in [0.2, 0.25) is 0 Å². The molecule has 2 N–H and O–H groups in total. The van der Waals surface area contributed by atoms with Gasteiger partial charge in [-0.3, -0.25) is 4.79 Å². The lowest BCUT2D eigenvalue weighted by Crippen LogP contribution is -3.14. The molecular weight excluding hydrogens is 348 g/mol. The Labute approximate surface area is 161 Å². The Morgan fingerprint density at radius 3 is 2.31 bits per heavy atom. The van der Waals surface area contributed by atoms with Crippen LogP contribution < -0.4 is 15.0 Å². The van der Waals surface area contributed by atoms with Gasteiger partial charge in [-0.05, 0) is 63.1 Å². The number of halogens is 1. The Kier molecular flexibility index (Phi) is 7.06. The number of carbonyl (C=O) groups is 1. The normalized spacial score (nSPS) is 13.2. The van der Waals surface area contributed by atoms with E-state index in [1.54, 1.807) is 12.1 Å². The molecule has 0 aliphatic carbocycles. The van der Waals surface area contributed by atoms with Crippen molar-refractivity contribution in [2.24, 2.45) is 0 Å². The molecule has 0 bridgehead atoms. The van der Waals surface area contributed by atoms with Crippen LogP contribution in [-0.2, 0) is 4.79 Å². The number of nitrogens with one attached hydrogen (secondary N) is 2. The highest BCUT2D eigenvalue weighted by Crippen LogP contribution is 2.21. The van der Waals surface area contributed by atoms with Gasteiger partial charge >= 0.3 is 0 Å². The van der Waals surface area contributed by atoms with Gasteiger partial charge in [-0.15, -0.1) is 0 Å². The molecule has 1 unspecified atom stereocenters. The lowest BCUT2D eigenvalue weighted by Gasteiger charge is -2.22. The van der Waals surface area contributed by atoms with E-state index in [0.717, 1.165) is 34.0 Å². The Morgan fingerprint density at radius 1 is 1.15 bits per heavy atom. The molecule has 0 spiro atoms. The summed E-state index contributed by atoms with van der Waals surface area (Å²) >= 11 is 5.87. The number of amides is 1. The monoisotopic (exact) mass is 375 g/mol. The first-order valence-corrected chi connectivity index (χ1v) is 9.25. The van der Waals surface area contributed by atoms with Crippen molar-refractivity contribution in [3.63, 3.8) is 0 Å². The van der Waals surface area contributed by atoms with E-state index >= 15 is 0 Å². The fourth-order valence-corrected chi connectivity index (χ4v) is 3.04. The topological polar surface area (TPSA) is 42.8 Å². The largest absolute Gasteiger partial charge is 0.488 e. The van der Waals surface area contributed by atoms with Crippen LogP contribution in [-0.4, -0.2) is 32.1 Å². The van der Waals surface area contributed by atoms with Crippen LogP contribution in [0, 0.1) is 20.8 Å². The summed E-state index contributed by atoms with van der Waals surface area (Å²) in [6.07, 6.45) is 0. The summed E-state index contributed by atoms with van der Waals surface area (Å²) in [6.45, 7) is 9.31. The molecule has 0 aliphatic rings. The van der Waals surface area contributed by atoms with Crippen LogP contribution in [0.4, 0.5) is 5.69 Å². The first-order valence-electron chi connectivity index (χ1n) is 8.87. The zero-order valence-electron chi connectivity index (χ0n) is 16.2.